The topological polar surface area (TPSA) is 79.0 Å². The van der Waals surface area contributed by atoms with Crippen molar-refractivity contribution < 1.29 is 4.92 Å². The molecule has 106 valence electrons. The smallest absolute Gasteiger partial charge is 0.270 e. The molecule has 0 aliphatic carbocycles. The fourth-order valence-electron chi connectivity index (χ4n) is 2.26. The molecule has 0 unspecified atom stereocenters. The van der Waals surface area contributed by atoms with Crippen LogP contribution in [0.25, 0.3) is 0 Å². The highest BCUT2D eigenvalue weighted by atomic mass is 16.6. The molecule has 2 rings (SSSR count). The van der Waals surface area contributed by atoms with Gasteiger partial charge in [-0.05, 0) is 25.5 Å². The minimum absolute atomic E-state index is 0.0801. The Bertz CT molecular complexity index is 713. The lowest BCUT2D eigenvalue weighted by Gasteiger charge is -2.09. The molecule has 1 N–H and O–H groups in total. The van der Waals surface area contributed by atoms with E-state index in [1.54, 1.807) is 6.07 Å². The molecule has 0 saturated carbocycles. The van der Waals surface area contributed by atoms with Crippen LogP contribution >= 0.6 is 0 Å². The van der Waals surface area contributed by atoms with Crippen molar-refractivity contribution in [1.29, 1.82) is 5.26 Å². The molecular formula is C16H15N3O2. The van der Waals surface area contributed by atoms with Crippen LogP contribution in [0.2, 0.25) is 0 Å². The van der Waals surface area contributed by atoms with Gasteiger partial charge in [-0.1, -0.05) is 29.3 Å². The molecule has 21 heavy (non-hydrogen) atoms. The lowest BCUT2D eigenvalue weighted by molar-refractivity contribution is -0.384. The maximum Gasteiger partial charge on any atom is 0.270 e. The fraction of sp³-hybridized carbons (Fsp3) is 0.188. The molecule has 0 amide bonds. The summed E-state index contributed by atoms with van der Waals surface area (Å²) in [4.78, 5) is 10.2. The van der Waals surface area contributed by atoms with Gasteiger partial charge in [0.15, 0.2) is 0 Å². The van der Waals surface area contributed by atoms with Crippen LogP contribution in [0.5, 0.6) is 0 Å². The molecule has 0 atom stereocenters. The Morgan fingerprint density at radius 2 is 1.86 bits per heavy atom. The van der Waals surface area contributed by atoms with Gasteiger partial charge in [0.1, 0.15) is 6.07 Å². The number of non-ortho nitro benzene ring substituents is 1. The standard InChI is InChI=1S/C16H15N3O2/c1-11-5-12(2)7-13(6-11)10-18-16-4-3-15(19(20)21)8-14(16)9-17/h3-8,18H,10H2,1-2H3. The van der Waals surface area contributed by atoms with Crippen LogP contribution in [0.15, 0.2) is 36.4 Å². The van der Waals surface area contributed by atoms with Gasteiger partial charge in [0.25, 0.3) is 5.69 Å². The molecule has 0 aliphatic rings. The lowest BCUT2D eigenvalue weighted by Crippen LogP contribution is -2.02. The maximum atomic E-state index is 10.7. The van der Waals surface area contributed by atoms with Crippen LogP contribution in [-0.2, 0) is 6.54 Å². The van der Waals surface area contributed by atoms with Crippen LogP contribution in [0.1, 0.15) is 22.3 Å². The number of nitriles is 1. The predicted octanol–water partition coefficient (Wildman–Crippen LogP) is 3.70. The second kappa shape index (κ2) is 6.06. The van der Waals surface area contributed by atoms with E-state index < -0.39 is 4.92 Å². The van der Waals surface area contributed by atoms with E-state index in [0.29, 0.717) is 12.2 Å². The number of anilines is 1. The summed E-state index contributed by atoms with van der Waals surface area (Å²) >= 11 is 0. The predicted molar refractivity (Wildman–Crippen MR) is 81.1 cm³/mol. The summed E-state index contributed by atoms with van der Waals surface area (Å²) in [5, 5.41) is 23.0. The summed E-state index contributed by atoms with van der Waals surface area (Å²) in [6, 6.07) is 12.5. The number of nitrogens with zero attached hydrogens (tertiary/aromatic N) is 2. The van der Waals surface area contributed by atoms with Gasteiger partial charge in [-0.15, -0.1) is 0 Å². The molecular weight excluding hydrogens is 266 g/mol. The van der Waals surface area contributed by atoms with Gasteiger partial charge in [0.2, 0.25) is 0 Å². The third-order valence-electron chi connectivity index (χ3n) is 3.10. The van der Waals surface area contributed by atoms with Gasteiger partial charge < -0.3 is 5.32 Å². The maximum absolute atomic E-state index is 10.7. The molecule has 0 fully saturated rings. The van der Waals surface area contributed by atoms with E-state index in [-0.39, 0.29) is 11.3 Å². The highest BCUT2D eigenvalue weighted by Crippen LogP contribution is 2.22. The Labute approximate surface area is 123 Å². The second-order valence-corrected chi connectivity index (χ2v) is 4.95. The molecule has 2 aromatic carbocycles. The van der Waals surface area contributed by atoms with Crippen LogP contribution in [0, 0.1) is 35.3 Å². The number of hydrogen-bond donors (Lipinski definition) is 1. The number of nitro groups is 1. The van der Waals surface area contributed by atoms with Gasteiger partial charge in [0.05, 0.1) is 16.2 Å². The van der Waals surface area contributed by atoms with Crippen molar-refractivity contribution in [1.82, 2.24) is 0 Å². The van der Waals surface area contributed by atoms with Crippen molar-refractivity contribution in [2.45, 2.75) is 20.4 Å². The van der Waals surface area contributed by atoms with E-state index in [4.69, 9.17) is 5.26 Å². The molecule has 0 heterocycles. The monoisotopic (exact) mass is 281 g/mol. The second-order valence-electron chi connectivity index (χ2n) is 4.95. The van der Waals surface area contributed by atoms with Gasteiger partial charge in [-0.3, -0.25) is 10.1 Å². The molecule has 2 aromatic rings. The zero-order valence-electron chi connectivity index (χ0n) is 11.9. The first-order chi connectivity index (χ1) is 9.99. The zero-order chi connectivity index (χ0) is 15.4. The van der Waals surface area contributed by atoms with Gasteiger partial charge in [-0.2, -0.15) is 5.26 Å². The Hall–Kier alpha value is -2.87. The number of aryl methyl sites for hydroxylation is 2. The largest absolute Gasteiger partial charge is 0.380 e. The van der Waals surface area contributed by atoms with Crippen molar-refractivity contribution in [3.8, 4) is 6.07 Å². The third-order valence-corrected chi connectivity index (χ3v) is 3.10. The summed E-state index contributed by atoms with van der Waals surface area (Å²) in [6.07, 6.45) is 0. The van der Waals surface area contributed by atoms with Gasteiger partial charge in [0, 0.05) is 18.7 Å². The summed E-state index contributed by atoms with van der Waals surface area (Å²) in [7, 11) is 0. The van der Waals surface area contributed by atoms with E-state index in [1.807, 2.05) is 19.9 Å². The summed E-state index contributed by atoms with van der Waals surface area (Å²) in [6.45, 7) is 4.63. The van der Waals surface area contributed by atoms with E-state index >= 15 is 0 Å². The quantitative estimate of drug-likeness (QED) is 0.684. The van der Waals surface area contributed by atoms with Crippen molar-refractivity contribution in [3.63, 3.8) is 0 Å². The highest BCUT2D eigenvalue weighted by molar-refractivity contribution is 5.61. The van der Waals surface area contributed by atoms with Crippen molar-refractivity contribution in [3.05, 3.63) is 68.8 Å². The first kappa shape index (κ1) is 14.5. The Kier molecular flexibility index (Phi) is 4.19. The van der Waals surface area contributed by atoms with Crippen LogP contribution in [-0.4, -0.2) is 4.92 Å². The van der Waals surface area contributed by atoms with Crippen molar-refractivity contribution >= 4 is 11.4 Å². The van der Waals surface area contributed by atoms with E-state index in [0.717, 1.165) is 5.56 Å². The lowest BCUT2D eigenvalue weighted by atomic mass is 10.1. The molecule has 0 aliphatic heterocycles. The number of hydrogen-bond acceptors (Lipinski definition) is 4. The van der Waals surface area contributed by atoms with E-state index in [9.17, 15) is 10.1 Å². The summed E-state index contributed by atoms with van der Waals surface area (Å²) in [5.41, 5.74) is 4.25. The minimum atomic E-state index is -0.505. The number of benzene rings is 2. The summed E-state index contributed by atoms with van der Waals surface area (Å²) in [5.74, 6) is 0. The normalized spacial score (nSPS) is 9.95. The average Bonchev–Trinajstić information content (AvgIpc) is 2.43. The average molecular weight is 281 g/mol. The van der Waals surface area contributed by atoms with Crippen LogP contribution in [0.3, 0.4) is 0 Å². The molecule has 0 saturated heterocycles. The molecule has 0 aromatic heterocycles. The molecule has 0 spiro atoms. The van der Waals surface area contributed by atoms with Crippen LogP contribution in [0.4, 0.5) is 11.4 Å². The Morgan fingerprint density at radius 1 is 1.19 bits per heavy atom. The van der Waals surface area contributed by atoms with Crippen molar-refractivity contribution in [2.75, 3.05) is 5.32 Å². The molecule has 0 radical (unpaired) electrons. The zero-order valence-corrected chi connectivity index (χ0v) is 11.9. The fourth-order valence-corrected chi connectivity index (χ4v) is 2.26. The minimum Gasteiger partial charge on any atom is -0.380 e. The van der Waals surface area contributed by atoms with E-state index in [2.05, 4.69) is 23.5 Å². The number of nitrogens with one attached hydrogen (secondary N) is 1. The highest BCUT2D eigenvalue weighted by Gasteiger charge is 2.10. The van der Waals surface area contributed by atoms with Crippen LogP contribution < -0.4 is 5.32 Å². The molecule has 5 heteroatoms. The third kappa shape index (κ3) is 3.57. The molecule has 5 nitrogen and oxygen atoms in total. The first-order valence-corrected chi connectivity index (χ1v) is 6.49. The SMILES string of the molecule is Cc1cc(C)cc(CNc2ccc([N+](=O)[O-])cc2C#N)c1. The summed E-state index contributed by atoms with van der Waals surface area (Å²) < 4.78 is 0. The Morgan fingerprint density at radius 3 is 2.43 bits per heavy atom. The Balaban J connectivity index is 2.20. The van der Waals surface area contributed by atoms with E-state index in [1.165, 1.54) is 23.3 Å². The number of nitro benzene ring substituents is 1. The number of rotatable bonds is 4. The molecule has 0 bridgehead atoms. The van der Waals surface area contributed by atoms with Gasteiger partial charge in [-0.25, -0.2) is 0 Å². The van der Waals surface area contributed by atoms with Crippen molar-refractivity contribution in [2.24, 2.45) is 0 Å². The van der Waals surface area contributed by atoms with Gasteiger partial charge >= 0.3 is 0 Å². The first-order valence-electron chi connectivity index (χ1n) is 6.49.